The molecule has 0 bridgehead atoms. The average molecular weight is 254 g/mol. The zero-order chi connectivity index (χ0) is 13.3. The van der Waals surface area contributed by atoms with Crippen LogP contribution in [0.15, 0.2) is 0 Å². The van der Waals surface area contributed by atoms with Crippen molar-refractivity contribution in [2.45, 2.75) is 70.7 Å². The Bertz CT molecular complexity index is 307. The molecule has 1 amide bonds. The lowest BCUT2D eigenvalue weighted by atomic mass is 10.0. The predicted octanol–water partition coefficient (Wildman–Crippen LogP) is 1.45. The van der Waals surface area contributed by atoms with Gasteiger partial charge in [0.25, 0.3) is 0 Å². The van der Waals surface area contributed by atoms with Crippen LogP contribution in [-0.4, -0.2) is 36.2 Å². The number of nitrogens with one attached hydrogen (secondary N) is 2. The van der Waals surface area contributed by atoms with Crippen molar-refractivity contribution in [3.8, 4) is 0 Å². The van der Waals surface area contributed by atoms with Crippen LogP contribution in [0, 0.1) is 5.92 Å². The first kappa shape index (κ1) is 13.8. The van der Waals surface area contributed by atoms with E-state index < -0.39 is 0 Å². The molecule has 2 N–H and O–H groups in total. The van der Waals surface area contributed by atoms with Crippen molar-refractivity contribution >= 4 is 5.91 Å². The Morgan fingerprint density at radius 1 is 1.28 bits per heavy atom. The maximum absolute atomic E-state index is 12.0. The van der Waals surface area contributed by atoms with Crippen molar-refractivity contribution in [3.05, 3.63) is 0 Å². The van der Waals surface area contributed by atoms with Crippen molar-refractivity contribution in [2.24, 2.45) is 5.92 Å². The standard InChI is InChI=1S/C14H26N2O2/c1-9(13(17)16-14(2,3)4)15-11-7-8-18-12(11)10-5-6-10/h9-12,15H,5-8H2,1-4H3,(H,16,17). The van der Waals surface area contributed by atoms with E-state index in [1.165, 1.54) is 12.8 Å². The van der Waals surface area contributed by atoms with Gasteiger partial charge in [-0.3, -0.25) is 4.79 Å². The van der Waals surface area contributed by atoms with E-state index in [0.29, 0.717) is 12.1 Å². The smallest absolute Gasteiger partial charge is 0.237 e. The van der Waals surface area contributed by atoms with Gasteiger partial charge in [-0.15, -0.1) is 0 Å². The fraction of sp³-hybridized carbons (Fsp3) is 0.929. The highest BCUT2D eigenvalue weighted by Crippen LogP contribution is 2.38. The maximum atomic E-state index is 12.0. The number of amides is 1. The van der Waals surface area contributed by atoms with Gasteiger partial charge < -0.3 is 15.4 Å². The highest BCUT2D eigenvalue weighted by Gasteiger charge is 2.41. The zero-order valence-corrected chi connectivity index (χ0v) is 12.0. The van der Waals surface area contributed by atoms with Crippen molar-refractivity contribution in [1.29, 1.82) is 0 Å². The number of hydrogen-bond donors (Lipinski definition) is 2. The molecule has 0 aromatic heterocycles. The lowest BCUT2D eigenvalue weighted by molar-refractivity contribution is -0.124. The first-order valence-corrected chi connectivity index (χ1v) is 7.06. The Kier molecular flexibility index (Phi) is 3.97. The molecule has 18 heavy (non-hydrogen) atoms. The van der Waals surface area contributed by atoms with Crippen LogP contribution in [0.25, 0.3) is 0 Å². The Morgan fingerprint density at radius 3 is 2.50 bits per heavy atom. The molecular formula is C14H26N2O2. The zero-order valence-electron chi connectivity index (χ0n) is 12.0. The second-order valence-electron chi connectivity index (χ2n) is 6.70. The molecule has 4 heteroatoms. The van der Waals surface area contributed by atoms with Crippen LogP contribution in [0.4, 0.5) is 0 Å². The normalized spacial score (nSPS) is 30.2. The number of ether oxygens (including phenoxy) is 1. The van der Waals surface area contributed by atoms with E-state index in [9.17, 15) is 4.79 Å². The van der Waals surface area contributed by atoms with Crippen LogP contribution in [0.3, 0.4) is 0 Å². The minimum atomic E-state index is -0.172. The largest absolute Gasteiger partial charge is 0.376 e. The van der Waals surface area contributed by atoms with E-state index in [0.717, 1.165) is 18.9 Å². The molecule has 1 heterocycles. The minimum Gasteiger partial charge on any atom is -0.376 e. The fourth-order valence-corrected chi connectivity index (χ4v) is 2.55. The van der Waals surface area contributed by atoms with Crippen LogP contribution in [0.2, 0.25) is 0 Å². The number of carbonyl (C=O) groups is 1. The monoisotopic (exact) mass is 254 g/mol. The van der Waals surface area contributed by atoms with Gasteiger partial charge in [0.1, 0.15) is 0 Å². The van der Waals surface area contributed by atoms with Crippen LogP contribution in [0.5, 0.6) is 0 Å². The molecule has 1 aliphatic carbocycles. The third-order valence-electron chi connectivity index (χ3n) is 3.58. The molecule has 1 saturated carbocycles. The molecule has 0 radical (unpaired) electrons. The van der Waals surface area contributed by atoms with Crippen LogP contribution in [-0.2, 0) is 9.53 Å². The van der Waals surface area contributed by atoms with Gasteiger partial charge in [-0.1, -0.05) is 0 Å². The minimum absolute atomic E-state index is 0.0731. The quantitative estimate of drug-likeness (QED) is 0.798. The summed E-state index contributed by atoms with van der Waals surface area (Å²) in [6, 6.07) is 0.190. The summed E-state index contributed by atoms with van der Waals surface area (Å²) in [7, 11) is 0. The summed E-state index contributed by atoms with van der Waals surface area (Å²) >= 11 is 0. The molecule has 1 aliphatic heterocycles. The number of hydrogen-bond acceptors (Lipinski definition) is 3. The number of rotatable bonds is 4. The molecule has 0 aromatic carbocycles. The Hall–Kier alpha value is -0.610. The SMILES string of the molecule is CC(NC1CCOC1C1CC1)C(=O)NC(C)(C)C. The Labute approximate surface area is 110 Å². The topological polar surface area (TPSA) is 50.4 Å². The van der Waals surface area contributed by atoms with Gasteiger partial charge in [-0.2, -0.15) is 0 Å². The lowest BCUT2D eigenvalue weighted by Crippen LogP contribution is -2.53. The van der Waals surface area contributed by atoms with Gasteiger partial charge >= 0.3 is 0 Å². The van der Waals surface area contributed by atoms with E-state index in [4.69, 9.17) is 4.74 Å². The molecule has 3 atom stereocenters. The summed E-state index contributed by atoms with van der Waals surface area (Å²) in [5.74, 6) is 0.798. The molecule has 104 valence electrons. The van der Waals surface area contributed by atoms with Crippen molar-refractivity contribution in [2.75, 3.05) is 6.61 Å². The Balaban J connectivity index is 1.82. The molecule has 2 rings (SSSR count). The fourth-order valence-electron chi connectivity index (χ4n) is 2.55. The van der Waals surface area contributed by atoms with Crippen molar-refractivity contribution in [1.82, 2.24) is 10.6 Å². The second-order valence-corrected chi connectivity index (χ2v) is 6.70. The summed E-state index contributed by atoms with van der Waals surface area (Å²) in [4.78, 5) is 12.0. The van der Waals surface area contributed by atoms with Crippen LogP contribution >= 0.6 is 0 Å². The van der Waals surface area contributed by atoms with E-state index in [-0.39, 0.29) is 17.5 Å². The molecule has 0 aromatic rings. The summed E-state index contributed by atoms with van der Waals surface area (Å²) in [5.41, 5.74) is -0.172. The summed E-state index contributed by atoms with van der Waals surface area (Å²) in [6.07, 6.45) is 3.92. The number of carbonyl (C=O) groups excluding carboxylic acids is 1. The lowest BCUT2D eigenvalue weighted by Gasteiger charge is -2.27. The van der Waals surface area contributed by atoms with E-state index in [2.05, 4.69) is 10.6 Å². The van der Waals surface area contributed by atoms with Gasteiger partial charge in [-0.05, 0) is 52.9 Å². The van der Waals surface area contributed by atoms with E-state index in [1.807, 2.05) is 27.7 Å². The van der Waals surface area contributed by atoms with Crippen molar-refractivity contribution < 1.29 is 9.53 Å². The average Bonchev–Trinajstić information content (AvgIpc) is 2.97. The molecule has 2 aliphatic rings. The van der Waals surface area contributed by atoms with Gasteiger partial charge in [0.2, 0.25) is 5.91 Å². The molecule has 0 spiro atoms. The first-order chi connectivity index (χ1) is 8.37. The van der Waals surface area contributed by atoms with E-state index >= 15 is 0 Å². The first-order valence-electron chi connectivity index (χ1n) is 7.06. The van der Waals surface area contributed by atoms with Crippen LogP contribution < -0.4 is 10.6 Å². The Morgan fingerprint density at radius 2 is 1.94 bits per heavy atom. The summed E-state index contributed by atoms with van der Waals surface area (Å²) in [6.45, 7) is 8.77. The highest BCUT2D eigenvalue weighted by atomic mass is 16.5. The molecule has 1 saturated heterocycles. The summed E-state index contributed by atoms with van der Waals surface area (Å²) < 4.78 is 5.78. The maximum Gasteiger partial charge on any atom is 0.237 e. The molecule has 4 nitrogen and oxygen atoms in total. The van der Waals surface area contributed by atoms with E-state index in [1.54, 1.807) is 0 Å². The van der Waals surface area contributed by atoms with Gasteiger partial charge in [0, 0.05) is 18.2 Å². The van der Waals surface area contributed by atoms with Gasteiger partial charge in [-0.25, -0.2) is 0 Å². The van der Waals surface area contributed by atoms with Gasteiger partial charge in [0.05, 0.1) is 12.1 Å². The molecular weight excluding hydrogens is 228 g/mol. The molecule has 2 fully saturated rings. The predicted molar refractivity (Wildman–Crippen MR) is 71.4 cm³/mol. The third-order valence-corrected chi connectivity index (χ3v) is 3.58. The second kappa shape index (κ2) is 5.17. The van der Waals surface area contributed by atoms with Crippen molar-refractivity contribution in [3.63, 3.8) is 0 Å². The molecule has 3 unspecified atom stereocenters. The van der Waals surface area contributed by atoms with Crippen LogP contribution in [0.1, 0.15) is 47.0 Å². The highest BCUT2D eigenvalue weighted by molar-refractivity contribution is 5.81. The third kappa shape index (κ3) is 3.69. The van der Waals surface area contributed by atoms with Gasteiger partial charge in [0.15, 0.2) is 0 Å². The summed E-state index contributed by atoms with van der Waals surface area (Å²) in [5, 5.41) is 6.45.